The first kappa shape index (κ1) is 11.0. The van der Waals surface area contributed by atoms with Gasteiger partial charge in [-0.3, -0.25) is 4.79 Å². The number of aliphatic hydroxyl groups is 1. The van der Waals surface area contributed by atoms with Crippen LogP contribution in [0.3, 0.4) is 0 Å². The maximum Gasteiger partial charge on any atom is 0.219 e. The lowest BCUT2D eigenvalue weighted by atomic mass is 10.0. The van der Waals surface area contributed by atoms with Crippen molar-refractivity contribution in [2.24, 2.45) is 0 Å². The molecule has 0 bridgehead atoms. The summed E-state index contributed by atoms with van der Waals surface area (Å²) in [5.41, 5.74) is 0. The van der Waals surface area contributed by atoms with Crippen LogP contribution in [0.5, 0.6) is 0 Å². The van der Waals surface area contributed by atoms with Gasteiger partial charge in [0, 0.05) is 20.5 Å². The Morgan fingerprint density at radius 2 is 2.43 bits per heavy atom. The minimum atomic E-state index is -0.752. The van der Waals surface area contributed by atoms with Gasteiger partial charge in [-0.1, -0.05) is 6.58 Å². The third kappa shape index (κ3) is 2.46. The summed E-state index contributed by atoms with van der Waals surface area (Å²) in [4.78, 5) is 10.8. The molecule has 1 saturated heterocycles. The van der Waals surface area contributed by atoms with Crippen LogP contribution >= 0.6 is 0 Å². The van der Waals surface area contributed by atoms with Crippen molar-refractivity contribution in [2.75, 3.05) is 7.11 Å². The van der Waals surface area contributed by atoms with E-state index in [0.717, 1.165) is 0 Å². The maximum absolute atomic E-state index is 10.8. The van der Waals surface area contributed by atoms with E-state index < -0.39 is 12.4 Å². The van der Waals surface area contributed by atoms with Crippen molar-refractivity contribution in [1.29, 1.82) is 0 Å². The van der Waals surface area contributed by atoms with Crippen molar-refractivity contribution < 1.29 is 19.4 Å². The van der Waals surface area contributed by atoms with Gasteiger partial charge in [-0.2, -0.15) is 0 Å². The molecule has 0 aromatic rings. The smallest absolute Gasteiger partial charge is 0.219 e. The molecular weight excluding hydrogens is 186 g/mol. The van der Waals surface area contributed by atoms with Gasteiger partial charge < -0.3 is 19.9 Å². The molecule has 1 fully saturated rings. The summed E-state index contributed by atoms with van der Waals surface area (Å²) in [6.45, 7) is 4.95. The maximum atomic E-state index is 10.8. The van der Waals surface area contributed by atoms with Crippen LogP contribution in [0.15, 0.2) is 12.3 Å². The summed E-state index contributed by atoms with van der Waals surface area (Å²) < 4.78 is 10.2. The molecule has 3 atom stereocenters. The van der Waals surface area contributed by atoms with Crippen LogP contribution in [-0.2, 0) is 14.3 Å². The average molecular weight is 201 g/mol. The van der Waals surface area contributed by atoms with E-state index >= 15 is 0 Å². The molecule has 1 aliphatic rings. The second kappa shape index (κ2) is 4.43. The molecular formula is C9H15NO4. The third-order valence-electron chi connectivity index (χ3n) is 2.07. The predicted molar refractivity (Wildman–Crippen MR) is 49.3 cm³/mol. The minimum Gasteiger partial charge on any atom is -0.465 e. The van der Waals surface area contributed by atoms with E-state index in [1.807, 2.05) is 0 Å². The van der Waals surface area contributed by atoms with E-state index in [-0.39, 0.29) is 17.7 Å². The van der Waals surface area contributed by atoms with Crippen LogP contribution in [0.1, 0.15) is 13.3 Å². The van der Waals surface area contributed by atoms with Crippen LogP contribution in [0.2, 0.25) is 0 Å². The van der Waals surface area contributed by atoms with E-state index in [2.05, 4.69) is 11.9 Å². The van der Waals surface area contributed by atoms with Crippen LogP contribution in [0.25, 0.3) is 0 Å². The van der Waals surface area contributed by atoms with Gasteiger partial charge >= 0.3 is 0 Å². The first-order valence-electron chi connectivity index (χ1n) is 4.38. The molecule has 5 heteroatoms. The SMILES string of the molecule is C=C1OC(OC)C(NC(C)=O)CC1O. The number of carbonyl (C=O) groups is 1. The standard InChI is InChI=1S/C9H15NO4/c1-5-8(12)4-7(10-6(2)11)9(13-3)14-5/h7-9,12H,1,4H2,2-3H3,(H,10,11). The summed E-state index contributed by atoms with van der Waals surface area (Å²) in [5.74, 6) is 0.0961. The zero-order chi connectivity index (χ0) is 10.7. The van der Waals surface area contributed by atoms with E-state index in [9.17, 15) is 9.90 Å². The Hall–Kier alpha value is -1.07. The monoisotopic (exact) mass is 201 g/mol. The number of amides is 1. The van der Waals surface area contributed by atoms with Crippen LogP contribution in [-0.4, -0.2) is 36.6 Å². The first-order valence-corrected chi connectivity index (χ1v) is 4.38. The highest BCUT2D eigenvalue weighted by molar-refractivity contribution is 5.73. The van der Waals surface area contributed by atoms with Gasteiger partial charge in [0.1, 0.15) is 11.9 Å². The molecule has 3 unspecified atom stereocenters. The van der Waals surface area contributed by atoms with Crippen molar-refractivity contribution in [3.63, 3.8) is 0 Å². The quantitative estimate of drug-likeness (QED) is 0.647. The first-order chi connectivity index (χ1) is 6.54. The Kier molecular flexibility index (Phi) is 3.49. The fraction of sp³-hybridized carbons (Fsp3) is 0.667. The molecule has 2 N–H and O–H groups in total. The van der Waals surface area contributed by atoms with Gasteiger partial charge in [0.2, 0.25) is 12.2 Å². The molecule has 1 aliphatic heterocycles. The van der Waals surface area contributed by atoms with Crippen molar-refractivity contribution in [3.8, 4) is 0 Å². The fourth-order valence-corrected chi connectivity index (χ4v) is 1.39. The molecule has 14 heavy (non-hydrogen) atoms. The predicted octanol–water partition coefficient (Wildman–Crippen LogP) is -0.242. The number of methoxy groups -OCH3 is 1. The number of rotatable bonds is 2. The van der Waals surface area contributed by atoms with Crippen molar-refractivity contribution in [3.05, 3.63) is 12.3 Å². The van der Waals surface area contributed by atoms with Gasteiger partial charge in [0.25, 0.3) is 0 Å². The normalized spacial score (nSPS) is 32.2. The minimum absolute atomic E-state index is 0.180. The summed E-state index contributed by atoms with van der Waals surface area (Å²) in [5, 5.41) is 12.1. The zero-order valence-corrected chi connectivity index (χ0v) is 8.32. The van der Waals surface area contributed by atoms with Gasteiger partial charge in [-0.25, -0.2) is 0 Å². The molecule has 1 rings (SSSR count). The average Bonchev–Trinajstić information content (AvgIpc) is 2.10. The number of hydrogen-bond donors (Lipinski definition) is 2. The Bertz CT molecular complexity index is 241. The van der Waals surface area contributed by atoms with Crippen molar-refractivity contribution >= 4 is 5.91 Å². The number of nitrogens with one attached hydrogen (secondary N) is 1. The highest BCUT2D eigenvalue weighted by Crippen LogP contribution is 2.22. The van der Waals surface area contributed by atoms with Gasteiger partial charge in [0.05, 0.1) is 6.04 Å². The molecule has 5 nitrogen and oxygen atoms in total. The fourth-order valence-electron chi connectivity index (χ4n) is 1.39. The van der Waals surface area contributed by atoms with E-state index in [1.54, 1.807) is 0 Å². The van der Waals surface area contributed by atoms with Gasteiger partial charge in [0.15, 0.2) is 0 Å². The number of aliphatic hydroxyl groups excluding tert-OH is 1. The Labute approximate surface area is 82.7 Å². The lowest BCUT2D eigenvalue weighted by Crippen LogP contribution is -2.50. The topological polar surface area (TPSA) is 67.8 Å². The Morgan fingerprint density at radius 3 is 2.93 bits per heavy atom. The van der Waals surface area contributed by atoms with E-state index in [1.165, 1.54) is 14.0 Å². The Morgan fingerprint density at radius 1 is 1.79 bits per heavy atom. The Balaban J connectivity index is 2.62. The van der Waals surface area contributed by atoms with Crippen molar-refractivity contribution in [2.45, 2.75) is 31.8 Å². The molecule has 0 aromatic carbocycles. The van der Waals surface area contributed by atoms with E-state index in [0.29, 0.717) is 6.42 Å². The summed E-state index contributed by atoms with van der Waals surface area (Å²) in [6.07, 6.45) is -0.968. The molecule has 1 heterocycles. The summed E-state index contributed by atoms with van der Waals surface area (Å²) >= 11 is 0. The summed E-state index contributed by atoms with van der Waals surface area (Å²) in [6, 6.07) is -0.335. The zero-order valence-electron chi connectivity index (χ0n) is 8.32. The highest BCUT2D eigenvalue weighted by Gasteiger charge is 2.33. The van der Waals surface area contributed by atoms with Gasteiger partial charge in [-0.05, 0) is 0 Å². The lowest BCUT2D eigenvalue weighted by Gasteiger charge is -2.34. The summed E-state index contributed by atoms with van der Waals surface area (Å²) in [7, 11) is 1.48. The largest absolute Gasteiger partial charge is 0.465 e. The molecule has 0 spiro atoms. The highest BCUT2D eigenvalue weighted by atomic mass is 16.7. The number of ether oxygens (including phenoxy) is 2. The van der Waals surface area contributed by atoms with Crippen LogP contribution < -0.4 is 5.32 Å². The van der Waals surface area contributed by atoms with Crippen molar-refractivity contribution in [1.82, 2.24) is 5.32 Å². The lowest BCUT2D eigenvalue weighted by molar-refractivity contribution is -0.159. The van der Waals surface area contributed by atoms with Crippen LogP contribution in [0.4, 0.5) is 0 Å². The van der Waals surface area contributed by atoms with Crippen LogP contribution in [0, 0.1) is 0 Å². The second-order valence-electron chi connectivity index (χ2n) is 3.25. The second-order valence-corrected chi connectivity index (χ2v) is 3.25. The molecule has 0 radical (unpaired) electrons. The molecule has 1 amide bonds. The number of hydrogen-bond acceptors (Lipinski definition) is 4. The number of carbonyl (C=O) groups excluding carboxylic acids is 1. The van der Waals surface area contributed by atoms with Gasteiger partial charge in [-0.15, -0.1) is 0 Å². The molecule has 0 saturated carbocycles. The molecule has 80 valence electrons. The third-order valence-corrected chi connectivity index (χ3v) is 2.07. The molecule has 0 aromatic heterocycles. The van der Waals surface area contributed by atoms with E-state index in [4.69, 9.17) is 9.47 Å². The molecule has 0 aliphatic carbocycles.